The van der Waals surface area contributed by atoms with E-state index in [1.54, 1.807) is 12.1 Å². The van der Waals surface area contributed by atoms with Gasteiger partial charge in [0, 0.05) is 10.9 Å². The zero-order chi connectivity index (χ0) is 22.3. The molecule has 0 aliphatic carbocycles. The summed E-state index contributed by atoms with van der Waals surface area (Å²) in [7, 11) is 0. The van der Waals surface area contributed by atoms with Gasteiger partial charge in [-0.25, -0.2) is 4.79 Å². The van der Waals surface area contributed by atoms with Gasteiger partial charge in [-0.3, -0.25) is 0 Å². The minimum atomic E-state index is -1.27. The highest BCUT2D eigenvalue weighted by molar-refractivity contribution is 9.10. The predicted molar refractivity (Wildman–Crippen MR) is 123 cm³/mol. The molecule has 0 aromatic heterocycles. The van der Waals surface area contributed by atoms with Crippen molar-refractivity contribution in [2.45, 2.75) is 25.9 Å². The molecular formula is C24H23BrN2O4. The van der Waals surface area contributed by atoms with Crippen LogP contribution in [0.1, 0.15) is 19.4 Å². The number of ether oxygens (including phenoxy) is 2. The van der Waals surface area contributed by atoms with E-state index in [-0.39, 0.29) is 0 Å². The van der Waals surface area contributed by atoms with Crippen LogP contribution in [0, 0.1) is 0 Å². The van der Waals surface area contributed by atoms with E-state index in [0.29, 0.717) is 18.8 Å². The fraction of sp³-hybridized carbons (Fsp3) is 0.208. The van der Waals surface area contributed by atoms with Crippen LogP contribution in [0.3, 0.4) is 0 Å². The topological polar surface area (TPSA) is 80.5 Å². The highest BCUT2D eigenvalue weighted by Crippen LogP contribution is 2.23. The van der Waals surface area contributed by atoms with Gasteiger partial charge in [0.25, 0.3) is 0 Å². The Morgan fingerprint density at radius 3 is 1.94 bits per heavy atom. The van der Waals surface area contributed by atoms with Crippen LogP contribution in [0.15, 0.2) is 87.5 Å². The Kier molecular flexibility index (Phi) is 7.41. The van der Waals surface area contributed by atoms with Gasteiger partial charge >= 0.3 is 5.97 Å². The summed E-state index contributed by atoms with van der Waals surface area (Å²) in [5.74, 6) is 0.265. The molecule has 1 N–H and O–H groups in total. The lowest BCUT2D eigenvalue weighted by Crippen LogP contribution is -2.37. The number of rotatable bonds is 9. The summed E-state index contributed by atoms with van der Waals surface area (Å²) < 4.78 is 12.3. The first-order valence-corrected chi connectivity index (χ1v) is 10.5. The standard InChI is InChI=1S/C24H23BrN2O4/c1-24(2,23(28)29)31-22-11-3-17(4-12-22)15-16-30-21-13-9-20(10-14-21)27-26-19-7-5-18(25)6-8-19/h3-14H,15-16H2,1-2H3,(H,28,29). The van der Waals surface area contributed by atoms with Crippen LogP contribution in [0.5, 0.6) is 11.5 Å². The molecule has 0 atom stereocenters. The van der Waals surface area contributed by atoms with E-state index in [0.717, 1.165) is 27.2 Å². The maximum atomic E-state index is 11.1. The van der Waals surface area contributed by atoms with Gasteiger partial charge in [-0.15, -0.1) is 0 Å². The third kappa shape index (κ3) is 6.93. The summed E-state index contributed by atoms with van der Waals surface area (Å²) >= 11 is 3.39. The monoisotopic (exact) mass is 482 g/mol. The smallest absolute Gasteiger partial charge is 0.347 e. The fourth-order valence-corrected chi connectivity index (χ4v) is 2.85. The minimum Gasteiger partial charge on any atom is -0.493 e. The number of nitrogens with zero attached hydrogens (tertiary/aromatic N) is 2. The van der Waals surface area contributed by atoms with Crippen molar-refractivity contribution in [2.75, 3.05) is 6.61 Å². The molecule has 7 heteroatoms. The Hall–Kier alpha value is -3.19. The number of hydrogen-bond donors (Lipinski definition) is 1. The Morgan fingerprint density at radius 1 is 0.871 bits per heavy atom. The molecule has 0 saturated carbocycles. The number of hydrogen-bond acceptors (Lipinski definition) is 5. The SMILES string of the molecule is CC(C)(Oc1ccc(CCOc2ccc(N=Nc3ccc(Br)cc3)cc2)cc1)C(=O)O. The van der Waals surface area contributed by atoms with Gasteiger partial charge in [0.15, 0.2) is 5.60 Å². The molecule has 0 saturated heterocycles. The molecule has 0 bridgehead atoms. The molecule has 0 aliphatic rings. The van der Waals surface area contributed by atoms with Gasteiger partial charge in [0.1, 0.15) is 11.5 Å². The number of carbonyl (C=O) groups is 1. The maximum Gasteiger partial charge on any atom is 0.347 e. The van der Waals surface area contributed by atoms with E-state index in [1.807, 2.05) is 60.7 Å². The maximum absolute atomic E-state index is 11.1. The van der Waals surface area contributed by atoms with Crippen LogP contribution < -0.4 is 9.47 Å². The number of halogens is 1. The minimum absolute atomic E-state index is 0.514. The molecule has 160 valence electrons. The van der Waals surface area contributed by atoms with Gasteiger partial charge in [0.2, 0.25) is 0 Å². The molecule has 3 rings (SSSR count). The average molecular weight is 483 g/mol. The Bertz CT molecular complexity index is 1030. The van der Waals surface area contributed by atoms with Crippen molar-refractivity contribution in [3.63, 3.8) is 0 Å². The molecule has 0 heterocycles. The molecule has 0 radical (unpaired) electrons. The van der Waals surface area contributed by atoms with Crippen molar-refractivity contribution in [3.8, 4) is 11.5 Å². The van der Waals surface area contributed by atoms with E-state index < -0.39 is 11.6 Å². The first kappa shape index (κ1) is 22.5. The van der Waals surface area contributed by atoms with Gasteiger partial charge in [0.05, 0.1) is 18.0 Å². The third-order valence-corrected chi connectivity index (χ3v) is 4.94. The second-order valence-corrected chi connectivity index (χ2v) is 8.25. The largest absolute Gasteiger partial charge is 0.493 e. The second kappa shape index (κ2) is 10.2. The van der Waals surface area contributed by atoms with E-state index >= 15 is 0 Å². The normalized spacial score (nSPS) is 11.5. The second-order valence-electron chi connectivity index (χ2n) is 7.33. The molecule has 0 unspecified atom stereocenters. The number of carboxylic acid groups (broad SMARTS) is 1. The number of azo groups is 1. The van der Waals surface area contributed by atoms with Crippen molar-refractivity contribution in [3.05, 3.63) is 82.8 Å². The zero-order valence-electron chi connectivity index (χ0n) is 17.3. The van der Waals surface area contributed by atoms with Crippen LogP contribution in [-0.4, -0.2) is 23.3 Å². The lowest BCUT2D eigenvalue weighted by atomic mass is 10.1. The third-order valence-electron chi connectivity index (χ3n) is 4.42. The van der Waals surface area contributed by atoms with Gasteiger partial charge in [-0.1, -0.05) is 28.1 Å². The first-order valence-electron chi connectivity index (χ1n) is 9.73. The van der Waals surface area contributed by atoms with Crippen molar-refractivity contribution < 1.29 is 19.4 Å². The summed E-state index contributed by atoms with van der Waals surface area (Å²) in [5.41, 5.74) is 1.33. The van der Waals surface area contributed by atoms with Crippen LogP contribution >= 0.6 is 15.9 Å². The summed E-state index contributed by atoms with van der Waals surface area (Å²) in [5, 5.41) is 17.6. The summed E-state index contributed by atoms with van der Waals surface area (Å²) in [4.78, 5) is 11.1. The van der Waals surface area contributed by atoms with E-state index in [1.165, 1.54) is 13.8 Å². The number of carboxylic acids is 1. The lowest BCUT2D eigenvalue weighted by molar-refractivity contribution is -0.152. The molecule has 0 spiro atoms. The highest BCUT2D eigenvalue weighted by Gasteiger charge is 2.29. The van der Waals surface area contributed by atoms with E-state index in [4.69, 9.17) is 14.6 Å². The summed E-state index contributed by atoms with van der Waals surface area (Å²) in [6, 6.07) is 22.4. The quantitative estimate of drug-likeness (QED) is 0.342. The van der Waals surface area contributed by atoms with Gasteiger partial charge in [-0.2, -0.15) is 10.2 Å². The summed E-state index contributed by atoms with van der Waals surface area (Å²) in [6.45, 7) is 3.55. The molecule has 31 heavy (non-hydrogen) atoms. The predicted octanol–water partition coefficient (Wildman–Crippen LogP) is 6.73. The van der Waals surface area contributed by atoms with Crippen LogP contribution in [0.25, 0.3) is 0 Å². The summed E-state index contributed by atoms with van der Waals surface area (Å²) in [6.07, 6.45) is 0.716. The Morgan fingerprint density at radius 2 is 1.39 bits per heavy atom. The first-order chi connectivity index (χ1) is 14.8. The van der Waals surface area contributed by atoms with Crippen LogP contribution in [0.2, 0.25) is 0 Å². The molecule has 0 amide bonds. The number of benzene rings is 3. The van der Waals surface area contributed by atoms with Gasteiger partial charge < -0.3 is 14.6 Å². The van der Waals surface area contributed by atoms with Crippen LogP contribution in [0.4, 0.5) is 11.4 Å². The van der Waals surface area contributed by atoms with Crippen molar-refractivity contribution >= 4 is 33.3 Å². The average Bonchev–Trinajstić information content (AvgIpc) is 2.75. The Balaban J connectivity index is 1.47. The lowest BCUT2D eigenvalue weighted by Gasteiger charge is -2.21. The van der Waals surface area contributed by atoms with E-state index in [9.17, 15) is 4.79 Å². The van der Waals surface area contributed by atoms with Crippen LogP contribution in [-0.2, 0) is 11.2 Å². The molecule has 0 aliphatic heterocycles. The molecular weight excluding hydrogens is 460 g/mol. The van der Waals surface area contributed by atoms with E-state index in [2.05, 4.69) is 26.2 Å². The zero-order valence-corrected chi connectivity index (χ0v) is 18.9. The van der Waals surface area contributed by atoms with Crippen molar-refractivity contribution in [1.29, 1.82) is 0 Å². The fourth-order valence-electron chi connectivity index (χ4n) is 2.58. The molecule has 0 fully saturated rings. The van der Waals surface area contributed by atoms with Crippen molar-refractivity contribution in [2.24, 2.45) is 10.2 Å². The number of aliphatic carboxylic acids is 1. The molecule has 3 aromatic rings. The molecule has 3 aromatic carbocycles. The molecule has 6 nitrogen and oxygen atoms in total. The van der Waals surface area contributed by atoms with Gasteiger partial charge in [-0.05, 0) is 80.1 Å². The Labute approximate surface area is 189 Å². The highest BCUT2D eigenvalue weighted by atomic mass is 79.9. The van der Waals surface area contributed by atoms with Crippen molar-refractivity contribution in [1.82, 2.24) is 0 Å².